The summed E-state index contributed by atoms with van der Waals surface area (Å²) < 4.78 is 10.3. The molecule has 0 aliphatic carbocycles. The van der Waals surface area contributed by atoms with E-state index in [9.17, 15) is 0 Å². The molecule has 0 saturated carbocycles. The Morgan fingerprint density at radius 1 is 1.14 bits per heavy atom. The number of hydrogen-bond acceptors (Lipinski definition) is 3. The highest BCUT2D eigenvalue weighted by molar-refractivity contribution is 6.38. The quantitative estimate of drug-likeness (QED) is 0.566. The number of methoxy groups -OCH3 is 2. The third kappa shape index (κ3) is 3.23. The molecule has 4 heteroatoms. The highest BCUT2D eigenvalue weighted by Crippen LogP contribution is 2.09. The Kier molecular flexibility index (Phi) is 4.82. The van der Waals surface area contributed by atoms with Crippen molar-refractivity contribution >= 4 is 9.52 Å². The average Bonchev–Trinajstić information content (AvgIpc) is 2.26. The molecule has 0 heterocycles. The second kappa shape index (κ2) is 5.92. The molecule has 0 aromatic heterocycles. The zero-order chi connectivity index (χ0) is 10.4. The minimum atomic E-state index is -0.615. The smallest absolute Gasteiger partial charge is 0.136 e. The van der Waals surface area contributed by atoms with E-state index in [2.05, 4.69) is 0 Å². The summed E-state index contributed by atoms with van der Waals surface area (Å²) in [6.45, 7) is 0. The molecule has 0 aliphatic heterocycles. The van der Waals surface area contributed by atoms with Gasteiger partial charge in [-0.25, -0.2) is 0 Å². The van der Waals surface area contributed by atoms with Gasteiger partial charge in [0.2, 0.25) is 0 Å². The van der Waals surface area contributed by atoms with E-state index in [0.717, 1.165) is 0 Å². The van der Waals surface area contributed by atoms with Crippen LogP contribution in [0.3, 0.4) is 0 Å². The molecule has 78 valence electrons. The predicted octanol–water partition coefficient (Wildman–Crippen LogP) is 0.389. The van der Waals surface area contributed by atoms with Gasteiger partial charge in [0.15, 0.2) is 0 Å². The van der Waals surface area contributed by atoms with Crippen LogP contribution >= 0.6 is 0 Å². The van der Waals surface area contributed by atoms with E-state index < -0.39 is 9.52 Å². The van der Waals surface area contributed by atoms with Gasteiger partial charge >= 0.3 is 0 Å². The molecule has 0 amide bonds. The first kappa shape index (κ1) is 11.4. The van der Waals surface area contributed by atoms with Crippen molar-refractivity contribution in [2.75, 3.05) is 14.2 Å². The highest BCUT2D eigenvalue weighted by Gasteiger charge is 2.13. The van der Waals surface area contributed by atoms with Gasteiger partial charge in [0.25, 0.3) is 0 Å². The molecule has 1 aromatic rings. The van der Waals surface area contributed by atoms with E-state index in [-0.39, 0.29) is 11.6 Å². The number of hydrogen-bond donors (Lipinski definition) is 1. The lowest BCUT2D eigenvalue weighted by atomic mass is 10.2. The fourth-order valence-electron chi connectivity index (χ4n) is 1.33. The average molecular weight is 211 g/mol. The van der Waals surface area contributed by atoms with Crippen LogP contribution in [0.4, 0.5) is 0 Å². The van der Waals surface area contributed by atoms with Gasteiger partial charge in [-0.2, -0.15) is 0 Å². The minimum absolute atomic E-state index is 0.0924. The molecule has 0 spiro atoms. The molecular weight excluding hydrogens is 194 g/mol. The van der Waals surface area contributed by atoms with Crippen LogP contribution in [0.5, 0.6) is 0 Å². The van der Waals surface area contributed by atoms with Crippen molar-refractivity contribution in [3.63, 3.8) is 0 Å². The molecule has 0 bridgehead atoms. The molecule has 1 unspecified atom stereocenters. The second-order valence-electron chi connectivity index (χ2n) is 3.15. The van der Waals surface area contributed by atoms with Gasteiger partial charge < -0.3 is 15.2 Å². The summed E-state index contributed by atoms with van der Waals surface area (Å²) in [4.78, 5) is 0. The Morgan fingerprint density at radius 3 is 2.21 bits per heavy atom. The van der Waals surface area contributed by atoms with Crippen LogP contribution in [-0.4, -0.2) is 29.7 Å². The minimum Gasteiger partial charge on any atom is -0.360 e. The molecule has 0 aliphatic rings. The van der Waals surface area contributed by atoms with E-state index in [1.807, 2.05) is 30.3 Å². The van der Waals surface area contributed by atoms with Crippen molar-refractivity contribution in [2.24, 2.45) is 5.73 Å². The molecular formula is C10H17NO2Si. The van der Waals surface area contributed by atoms with E-state index in [1.165, 1.54) is 5.56 Å². The molecule has 3 nitrogen and oxygen atoms in total. The Hall–Kier alpha value is -0.683. The SMILES string of the molecule is COC(OC)[SiH2]C(N)c1ccccc1. The van der Waals surface area contributed by atoms with Gasteiger partial charge in [-0.15, -0.1) is 0 Å². The molecule has 1 rings (SSSR count). The lowest BCUT2D eigenvalue weighted by molar-refractivity contribution is -0.0447. The van der Waals surface area contributed by atoms with Gasteiger partial charge in [0.05, 0.1) is 0 Å². The standard InChI is InChI=1S/C10H17NO2Si/c1-12-10(13-2)14-9(11)8-6-4-3-5-7-8/h3-7,9-10H,11,14H2,1-2H3. The summed E-state index contributed by atoms with van der Waals surface area (Å²) in [7, 11) is 2.69. The van der Waals surface area contributed by atoms with Crippen LogP contribution in [0, 0.1) is 0 Å². The Bertz CT molecular complexity index is 252. The van der Waals surface area contributed by atoms with Crippen molar-refractivity contribution in [1.82, 2.24) is 0 Å². The zero-order valence-corrected chi connectivity index (χ0v) is 10.1. The number of rotatable bonds is 5. The second-order valence-corrected chi connectivity index (χ2v) is 5.17. The number of nitrogens with two attached hydrogens (primary N) is 1. The van der Waals surface area contributed by atoms with Crippen LogP contribution < -0.4 is 5.73 Å². The Morgan fingerprint density at radius 2 is 1.71 bits per heavy atom. The number of ether oxygens (including phenoxy) is 2. The Labute approximate surface area is 87.0 Å². The van der Waals surface area contributed by atoms with E-state index in [1.54, 1.807) is 14.2 Å². The van der Waals surface area contributed by atoms with Crippen molar-refractivity contribution < 1.29 is 9.47 Å². The predicted molar refractivity (Wildman–Crippen MR) is 59.7 cm³/mol. The van der Waals surface area contributed by atoms with Crippen molar-refractivity contribution in [1.29, 1.82) is 0 Å². The monoisotopic (exact) mass is 211 g/mol. The molecule has 2 N–H and O–H groups in total. The first-order valence-corrected chi connectivity index (χ1v) is 6.27. The van der Waals surface area contributed by atoms with Gasteiger partial charge in [-0.05, 0) is 5.56 Å². The zero-order valence-electron chi connectivity index (χ0n) is 8.64. The van der Waals surface area contributed by atoms with Gasteiger partial charge in [-0.1, -0.05) is 30.3 Å². The van der Waals surface area contributed by atoms with Crippen LogP contribution in [-0.2, 0) is 9.47 Å². The summed E-state index contributed by atoms with van der Waals surface area (Å²) in [6, 6.07) is 10.1. The van der Waals surface area contributed by atoms with Gasteiger partial charge in [0.1, 0.15) is 15.4 Å². The summed E-state index contributed by atoms with van der Waals surface area (Å²) in [6.07, 6.45) is 0. The summed E-state index contributed by atoms with van der Waals surface area (Å²) in [5.41, 5.74) is 7.31. The van der Waals surface area contributed by atoms with E-state index in [4.69, 9.17) is 15.2 Å². The largest absolute Gasteiger partial charge is 0.360 e. The molecule has 14 heavy (non-hydrogen) atoms. The lowest BCUT2D eigenvalue weighted by Crippen LogP contribution is -2.31. The van der Waals surface area contributed by atoms with Gasteiger partial charge in [-0.3, -0.25) is 0 Å². The Balaban J connectivity index is 2.54. The maximum absolute atomic E-state index is 6.05. The van der Waals surface area contributed by atoms with Crippen molar-refractivity contribution in [3.05, 3.63) is 35.9 Å². The van der Waals surface area contributed by atoms with Crippen molar-refractivity contribution in [3.8, 4) is 0 Å². The molecule has 1 aromatic carbocycles. The molecule has 0 radical (unpaired) electrons. The van der Waals surface area contributed by atoms with Crippen LogP contribution in [0.25, 0.3) is 0 Å². The van der Waals surface area contributed by atoms with E-state index >= 15 is 0 Å². The summed E-state index contributed by atoms with van der Waals surface area (Å²) in [5.74, 6) is -0.0924. The fourth-order valence-corrected chi connectivity index (χ4v) is 2.68. The fraction of sp³-hybridized carbons (Fsp3) is 0.400. The maximum atomic E-state index is 6.05. The first-order valence-electron chi connectivity index (χ1n) is 4.64. The van der Waals surface area contributed by atoms with Gasteiger partial charge in [0, 0.05) is 19.9 Å². The highest BCUT2D eigenvalue weighted by atomic mass is 28.2. The summed E-state index contributed by atoms with van der Waals surface area (Å²) >= 11 is 0. The van der Waals surface area contributed by atoms with E-state index in [0.29, 0.717) is 0 Å². The van der Waals surface area contributed by atoms with Crippen molar-refractivity contribution in [2.45, 2.75) is 11.6 Å². The first-order chi connectivity index (χ1) is 6.77. The lowest BCUT2D eigenvalue weighted by Gasteiger charge is -2.17. The molecule has 0 saturated heterocycles. The molecule has 1 atom stereocenters. The number of benzene rings is 1. The topological polar surface area (TPSA) is 44.5 Å². The van der Waals surface area contributed by atoms with Crippen LogP contribution in [0.15, 0.2) is 30.3 Å². The third-order valence-corrected chi connectivity index (χ3v) is 4.23. The summed E-state index contributed by atoms with van der Waals surface area (Å²) in [5, 5.41) is 0. The maximum Gasteiger partial charge on any atom is 0.136 e. The normalized spacial score (nSPS) is 14.0. The molecule has 0 fully saturated rings. The van der Waals surface area contributed by atoms with Crippen LogP contribution in [0.1, 0.15) is 11.2 Å². The third-order valence-electron chi connectivity index (χ3n) is 2.20. The van der Waals surface area contributed by atoms with Crippen LogP contribution in [0.2, 0.25) is 0 Å².